The summed E-state index contributed by atoms with van der Waals surface area (Å²) in [6, 6.07) is 6.18. The highest BCUT2D eigenvalue weighted by molar-refractivity contribution is 6.31. The fourth-order valence-electron chi connectivity index (χ4n) is 2.46. The lowest BCUT2D eigenvalue weighted by molar-refractivity contribution is -0.139. The molecule has 2 aromatic rings. The first-order valence-corrected chi connectivity index (χ1v) is 7.46. The number of rotatable bonds is 5. The fraction of sp³-hybridized carbons (Fsp3) is 0.375. The van der Waals surface area contributed by atoms with Crippen LogP contribution in [0.3, 0.4) is 0 Å². The molecule has 2 N–H and O–H groups in total. The molecule has 1 atom stereocenters. The van der Waals surface area contributed by atoms with E-state index in [1.54, 1.807) is 29.8 Å². The molecule has 0 aliphatic rings. The second-order valence-corrected chi connectivity index (χ2v) is 6.22. The normalized spacial score (nSPS) is 12.6. The molecule has 1 heterocycles. The summed E-state index contributed by atoms with van der Waals surface area (Å²) < 4.78 is 1.73. The molecule has 22 heavy (non-hydrogen) atoms. The SMILES string of the molecule is CC(C)CC(NC(=O)c1cc2cc(Cl)ccc2n1C)C(=O)O. The number of nitrogens with zero attached hydrogens (tertiary/aromatic N) is 1. The highest BCUT2D eigenvalue weighted by Gasteiger charge is 2.23. The molecule has 0 aliphatic carbocycles. The number of aromatic nitrogens is 1. The predicted molar refractivity (Wildman–Crippen MR) is 86.3 cm³/mol. The van der Waals surface area contributed by atoms with E-state index in [1.807, 2.05) is 19.9 Å². The molecule has 0 saturated heterocycles. The number of aryl methyl sites for hydroxylation is 1. The Bertz CT molecular complexity index is 721. The van der Waals surface area contributed by atoms with Crippen LogP contribution < -0.4 is 5.32 Å². The molecule has 1 amide bonds. The largest absolute Gasteiger partial charge is 0.480 e. The van der Waals surface area contributed by atoms with E-state index < -0.39 is 17.9 Å². The van der Waals surface area contributed by atoms with Gasteiger partial charge in [-0.3, -0.25) is 4.79 Å². The smallest absolute Gasteiger partial charge is 0.326 e. The summed E-state index contributed by atoms with van der Waals surface area (Å²) in [5, 5.41) is 13.2. The number of hydrogen-bond donors (Lipinski definition) is 2. The number of hydrogen-bond acceptors (Lipinski definition) is 2. The van der Waals surface area contributed by atoms with Crippen molar-refractivity contribution in [3.8, 4) is 0 Å². The standard InChI is InChI=1S/C16H19ClN2O3/c1-9(2)6-12(16(21)22)18-15(20)14-8-10-7-11(17)4-5-13(10)19(14)3/h4-5,7-9,12H,6H2,1-3H3,(H,18,20)(H,21,22). The number of amides is 1. The summed E-state index contributed by atoms with van der Waals surface area (Å²) in [7, 11) is 1.77. The average molecular weight is 323 g/mol. The Hall–Kier alpha value is -2.01. The zero-order valence-electron chi connectivity index (χ0n) is 12.8. The topological polar surface area (TPSA) is 71.3 Å². The molecule has 2 rings (SSSR count). The third-order valence-corrected chi connectivity index (χ3v) is 3.78. The van der Waals surface area contributed by atoms with Crippen molar-refractivity contribution in [2.24, 2.45) is 13.0 Å². The summed E-state index contributed by atoms with van der Waals surface area (Å²) in [4.78, 5) is 23.7. The lowest BCUT2D eigenvalue weighted by Gasteiger charge is -2.16. The van der Waals surface area contributed by atoms with Crippen molar-refractivity contribution in [1.29, 1.82) is 0 Å². The van der Waals surface area contributed by atoms with Crippen molar-refractivity contribution in [2.45, 2.75) is 26.3 Å². The number of carbonyl (C=O) groups is 2. The Morgan fingerprint density at radius 3 is 2.59 bits per heavy atom. The zero-order chi connectivity index (χ0) is 16.4. The quantitative estimate of drug-likeness (QED) is 0.888. The minimum absolute atomic E-state index is 0.174. The summed E-state index contributed by atoms with van der Waals surface area (Å²) >= 11 is 5.96. The number of fused-ring (bicyclic) bond motifs is 1. The maximum absolute atomic E-state index is 12.4. The molecule has 1 aromatic carbocycles. The van der Waals surface area contributed by atoms with E-state index in [0.717, 1.165) is 10.9 Å². The third kappa shape index (κ3) is 3.42. The Morgan fingerprint density at radius 2 is 2.00 bits per heavy atom. The number of aliphatic carboxylic acids is 1. The van der Waals surface area contributed by atoms with Gasteiger partial charge in [0, 0.05) is 23.0 Å². The van der Waals surface area contributed by atoms with Gasteiger partial charge in [0.05, 0.1) is 0 Å². The van der Waals surface area contributed by atoms with Crippen LogP contribution in [0.1, 0.15) is 30.8 Å². The number of benzene rings is 1. The van der Waals surface area contributed by atoms with Gasteiger partial charge in [-0.2, -0.15) is 0 Å². The van der Waals surface area contributed by atoms with Gasteiger partial charge in [-0.05, 0) is 36.6 Å². The van der Waals surface area contributed by atoms with Gasteiger partial charge in [0.15, 0.2) is 0 Å². The first kappa shape index (κ1) is 16.4. The predicted octanol–water partition coefficient (Wildman–Crippen LogP) is 3.06. The Labute approximate surface area is 133 Å². The first-order valence-electron chi connectivity index (χ1n) is 7.08. The minimum Gasteiger partial charge on any atom is -0.480 e. The first-order chi connectivity index (χ1) is 10.3. The Morgan fingerprint density at radius 1 is 1.32 bits per heavy atom. The molecule has 0 saturated carbocycles. The number of carboxylic acid groups (broad SMARTS) is 1. The third-order valence-electron chi connectivity index (χ3n) is 3.55. The Balaban J connectivity index is 2.29. The molecule has 1 unspecified atom stereocenters. The molecule has 1 aromatic heterocycles. The van der Waals surface area contributed by atoms with Crippen LogP contribution in [0.5, 0.6) is 0 Å². The molecule has 0 spiro atoms. The molecule has 0 aliphatic heterocycles. The molecular weight excluding hydrogens is 304 g/mol. The number of carbonyl (C=O) groups excluding carboxylic acids is 1. The molecule has 0 radical (unpaired) electrons. The molecular formula is C16H19ClN2O3. The number of halogens is 1. The van der Waals surface area contributed by atoms with E-state index in [1.165, 1.54) is 0 Å². The molecule has 0 bridgehead atoms. The molecule has 6 heteroatoms. The van der Waals surface area contributed by atoms with Gasteiger partial charge in [-0.1, -0.05) is 25.4 Å². The van der Waals surface area contributed by atoms with Crippen LogP contribution in [0.15, 0.2) is 24.3 Å². The monoisotopic (exact) mass is 322 g/mol. The van der Waals surface area contributed by atoms with Gasteiger partial charge in [0.2, 0.25) is 0 Å². The van der Waals surface area contributed by atoms with Gasteiger partial charge in [0.25, 0.3) is 5.91 Å². The van der Waals surface area contributed by atoms with Crippen LogP contribution in [0.4, 0.5) is 0 Å². The highest BCUT2D eigenvalue weighted by Crippen LogP contribution is 2.22. The summed E-state index contributed by atoms with van der Waals surface area (Å²) in [6.07, 6.45) is 0.386. The van der Waals surface area contributed by atoms with E-state index in [0.29, 0.717) is 17.1 Å². The maximum Gasteiger partial charge on any atom is 0.326 e. The molecule has 0 fully saturated rings. The van der Waals surface area contributed by atoms with Crippen LogP contribution in [-0.4, -0.2) is 27.6 Å². The van der Waals surface area contributed by atoms with Crippen molar-refractivity contribution < 1.29 is 14.7 Å². The Kier molecular flexibility index (Phi) is 4.76. The lowest BCUT2D eigenvalue weighted by Crippen LogP contribution is -2.42. The number of carboxylic acids is 1. The van der Waals surface area contributed by atoms with Crippen LogP contribution in [0.25, 0.3) is 10.9 Å². The zero-order valence-corrected chi connectivity index (χ0v) is 13.5. The average Bonchev–Trinajstić information content (AvgIpc) is 2.74. The second-order valence-electron chi connectivity index (χ2n) is 5.79. The van der Waals surface area contributed by atoms with Crippen molar-refractivity contribution in [3.05, 3.63) is 35.0 Å². The van der Waals surface area contributed by atoms with E-state index in [2.05, 4.69) is 5.32 Å². The van der Waals surface area contributed by atoms with Gasteiger partial charge in [-0.25, -0.2) is 4.79 Å². The second kappa shape index (κ2) is 6.40. The van der Waals surface area contributed by atoms with Gasteiger partial charge in [0.1, 0.15) is 11.7 Å². The van der Waals surface area contributed by atoms with E-state index in [-0.39, 0.29) is 5.92 Å². The highest BCUT2D eigenvalue weighted by atomic mass is 35.5. The van der Waals surface area contributed by atoms with Gasteiger partial charge < -0.3 is 15.0 Å². The van der Waals surface area contributed by atoms with E-state index in [4.69, 9.17) is 11.6 Å². The summed E-state index contributed by atoms with van der Waals surface area (Å²) in [6.45, 7) is 3.84. The number of nitrogens with one attached hydrogen (secondary N) is 1. The van der Waals surface area contributed by atoms with Crippen LogP contribution >= 0.6 is 11.6 Å². The molecule has 118 valence electrons. The minimum atomic E-state index is -1.02. The van der Waals surface area contributed by atoms with Crippen molar-refractivity contribution in [2.75, 3.05) is 0 Å². The van der Waals surface area contributed by atoms with E-state index >= 15 is 0 Å². The maximum atomic E-state index is 12.4. The molecule has 5 nitrogen and oxygen atoms in total. The van der Waals surface area contributed by atoms with Gasteiger partial charge in [-0.15, -0.1) is 0 Å². The van der Waals surface area contributed by atoms with E-state index in [9.17, 15) is 14.7 Å². The summed E-state index contributed by atoms with van der Waals surface area (Å²) in [5.41, 5.74) is 1.28. The van der Waals surface area contributed by atoms with Crippen LogP contribution in [0.2, 0.25) is 5.02 Å². The van der Waals surface area contributed by atoms with Crippen molar-refractivity contribution in [1.82, 2.24) is 9.88 Å². The summed E-state index contributed by atoms with van der Waals surface area (Å²) in [5.74, 6) is -1.25. The van der Waals surface area contributed by atoms with Crippen molar-refractivity contribution in [3.63, 3.8) is 0 Å². The fourth-order valence-corrected chi connectivity index (χ4v) is 2.64. The van der Waals surface area contributed by atoms with Crippen LogP contribution in [-0.2, 0) is 11.8 Å². The van der Waals surface area contributed by atoms with Crippen LogP contribution in [0, 0.1) is 5.92 Å². The van der Waals surface area contributed by atoms with Gasteiger partial charge >= 0.3 is 5.97 Å². The van der Waals surface area contributed by atoms with Crippen molar-refractivity contribution >= 4 is 34.4 Å². The lowest BCUT2D eigenvalue weighted by atomic mass is 10.0.